The molecule has 0 spiro atoms. The van der Waals surface area contributed by atoms with Gasteiger partial charge in [-0.25, -0.2) is 0 Å². The Labute approximate surface area is 166 Å². The number of nitrogens with zero attached hydrogens (tertiary/aromatic N) is 2. The van der Waals surface area contributed by atoms with E-state index in [0.29, 0.717) is 0 Å². The first-order chi connectivity index (χ1) is 12.6. The van der Waals surface area contributed by atoms with Crippen LogP contribution in [0.1, 0.15) is 16.9 Å². The second kappa shape index (κ2) is 11.2. The van der Waals surface area contributed by atoms with Crippen LogP contribution >= 0.6 is 23.6 Å². The van der Waals surface area contributed by atoms with Crippen LogP contribution in [0.4, 0.5) is 0 Å². The Balaban J connectivity index is 1.83. The molecule has 142 valence electrons. The lowest BCUT2D eigenvalue weighted by Gasteiger charge is -2.26. The Morgan fingerprint density at radius 1 is 1.15 bits per heavy atom. The van der Waals surface area contributed by atoms with Gasteiger partial charge in [-0.15, -0.1) is 11.3 Å². The summed E-state index contributed by atoms with van der Waals surface area (Å²) in [7, 11) is 5.90. The molecular weight excluding hydrogens is 362 g/mol. The molecule has 1 aromatic carbocycles. The predicted molar refractivity (Wildman–Crippen MR) is 115 cm³/mol. The van der Waals surface area contributed by atoms with E-state index in [4.69, 9.17) is 17.0 Å². The number of benzene rings is 1. The van der Waals surface area contributed by atoms with Gasteiger partial charge in [0.05, 0.1) is 13.7 Å². The summed E-state index contributed by atoms with van der Waals surface area (Å²) in [4.78, 5) is 5.83. The highest BCUT2D eigenvalue weighted by Crippen LogP contribution is 2.13. The zero-order chi connectivity index (χ0) is 18.8. The number of methoxy groups -OCH3 is 1. The number of hydrogen-bond acceptors (Lipinski definition) is 4. The van der Waals surface area contributed by atoms with Crippen molar-refractivity contribution < 1.29 is 4.74 Å². The summed E-state index contributed by atoms with van der Waals surface area (Å²) in [6.07, 6.45) is 2.04. The molecule has 0 aliphatic heterocycles. The molecule has 4 nitrogen and oxygen atoms in total. The number of rotatable bonds is 10. The molecule has 6 heteroatoms. The van der Waals surface area contributed by atoms with Gasteiger partial charge in [-0.1, -0.05) is 18.2 Å². The van der Waals surface area contributed by atoms with E-state index in [2.05, 4.69) is 58.9 Å². The third-order valence-electron chi connectivity index (χ3n) is 4.10. The highest BCUT2D eigenvalue weighted by molar-refractivity contribution is 7.80. The molecule has 0 aliphatic rings. The van der Waals surface area contributed by atoms with Gasteiger partial charge in [0, 0.05) is 18.0 Å². The normalized spacial score (nSPS) is 10.8. The Bertz CT molecular complexity index is 642. The second-order valence-electron chi connectivity index (χ2n) is 6.49. The fourth-order valence-electron chi connectivity index (χ4n) is 2.64. The molecule has 0 fully saturated rings. The number of thiophene rings is 1. The average molecular weight is 392 g/mol. The molecule has 0 unspecified atom stereocenters. The van der Waals surface area contributed by atoms with Gasteiger partial charge in [0.2, 0.25) is 0 Å². The van der Waals surface area contributed by atoms with Crippen LogP contribution in [0.2, 0.25) is 0 Å². The van der Waals surface area contributed by atoms with Crippen molar-refractivity contribution in [2.24, 2.45) is 0 Å². The molecule has 0 saturated heterocycles. The van der Waals surface area contributed by atoms with Crippen molar-refractivity contribution in [3.8, 4) is 5.75 Å². The number of hydrogen-bond donors (Lipinski definition) is 1. The maximum Gasteiger partial charge on any atom is 0.169 e. The Kier molecular flexibility index (Phi) is 8.88. The first-order valence-electron chi connectivity index (χ1n) is 8.91. The first-order valence-corrected chi connectivity index (χ1v) is 10.2. The number of nitrogens with one attached hydrogen (secondary N) is 1. The molecule has 1 heterocycles. The zero-order valence-electron chi connectivity index (χ0n) is 15.9. The van der Waals surface area contributed by atoms with Crippen molar-refractivity contribution in [3.05, 3.63) is 52.2 Å². The molecule has 1 N–H and O–H groups in total. The SMILES string of the molecule is COc1ccc(CCNC(=S)N(CCCN(C)C)Cc2cccs2)cc1. The second-order valence-corrected chi connectivity index (χ2v) is 7.91. The van der Waals surface area contributed by atoms with Gasteiger partial charge >= 0.3 is 0 Å². The van der Waals surface area contributed by atoms with Crippen LogP contribution in [-0.4, -0.2) is 55.8 Å². The van der Waals surface area contributed by atoms with Crippen molar-refractivity contribution in [3.63, 3.8) is 0 Å². The van der Waals surface area contributed by atoms with Crippen LogP contribution in [0.15, 0.2) is 41.8 Å². The lowest BCUT2D eigenvalue weighted by Crippen LogP contribution is -2.41. The molecule has 0 radical (unpaired) electrons. The third-order valence-corrected chi connectivity index (χ3v) is 5.36. The Morgan fingerprint density at radius 3 is 2.54 bits per heavy atom. The summed E-state index contributed by atoms with van der Waals surface area (Å²) in [5.74, 6) is 0.889. The van der Waals surface area contributed by atoms with Gasteiger partial charge in [0.1, 0.15) is 5.75 Å². The quantitative estimate of drug-likeness (QED) is 0.625. The highest BCUT2D eigenvalue weighted by atomic mass is 32.1. The van der Waals surface area contributed by atoms with E-state index >= 15 is 0 Å². The third kappa shape index (κ3) is 7.32. The molecule has 26 heavy (non-hydrogen) atoms. The van der Waals surface area contributed by atoms with E-state index in [1.165, 1.54) is 10.4 Å². The van der Waals surface area contributed by atoms with E-state index in [0.717, 1.165) is 49.9 Å². The summed E-state index contributed by atoms with van der Waals surface area (Å²) in [5, 5.41) is 6.38. The Hall–Kier alpha value is -1.63. The standard InChI is InChI=1S/C20H29N3OS2/c1-22(2)13-5-14-23(16-19-6-4-15-26-19)20(25)21-12-11-17-7-9-18(24-3)10-8-17/h4,6-10,15H,5,11-14,16H2,1-3H3,(H,21,25). The maximum atomic E-state index is 5.67. The average Bonchev–Trinajstić information content (AvgIpc) is 3.14. The summed E-state index contributed by atoms with van der Waals surface area (Å²) in [6, 6.07) is 12.5. The van der Waals surface area contributed by atoms with Gasteiger partial charge in [-0.3, -0.25) is 0 Å². The van der Waals surface area contributed by atoms with Crippen molar-refractivity contribution in [2.75, 3.05) is 40.8 Å². The number of ether oxygens (including phenoxy) is 1. The molecular formula is C20H29N3OS2. The van der Waals surface area contributed by atoms with Gasteiger partial charge < -0.3 is 19.9 Å². The summed E-state index contributed by atoms with van der Waals surface area (Å²) < 4.78 is 5.20. The zero-order valence-corrected chi connectivity index (χ0v) is 17.5. The first kappa shape index (κ1) is 20.7. The molecule has 0 bridgehead atoms. The van der Waals surface area contributed by atoms with Crippen LogP contribution in [0.5, 0.6) is 5.75 Å². The number of thiocarbonyl (C=S) groups is 1. The molecule has 1 aromatic heterocycles. The molecule has 2 aromatic rings. The van der Waals surface area contributed by atoms with E-state index in [9.17, 15) is 0 Å². The molecule has 0 atom stereocenters. The largest absolute Gasteiger partial charge is 0.497 e. The minimum Gasteiger partial charge on any atom is -0.497 e. The molecule has 0 amide bonds. The molecule has 0 saturated carbocycles. The van der Waals surface area contributed by atoms with E-state index in [1.54, 1.807) is 18.4 Å². The fourth-order valence-corrected chi connectivity index (χ4v) is 3.62. The monoisotopic (exact) mass is 391 g/mol. The van der Waals surface area contributed by atoms with Crippen molar-refractivity contribution >= 4 is 28.7 Å². The summed E-state index contributed by atoms with van der Waals surface area (Å²) >= 11 is 7.45. The topological polar surface area (TPSA) is 27.7 Å². The van der Waals surface area contributed by atoms with Gasteiger partial charge in [-0.2, -0.15) is 0 Å². The molecule has 0 aliphatic carbocycles. The van der Waals surface area contributed by atoms with E-state index in [1.807, 2.05) is 12.1 Å². The maximum absolute atomic E-state index is 5.67. The Morgan fingerprint density at radius 2 is 1.92 bits per heavy atom. The van der Waals surface area contributed by atoms with E-state index in [-0.39, 0.29) is 0 Å². The van der Waals surface area contributed by atoms with Crippen LogP contribution in [0.25, 0.3) is 0 Å². The summed E-state index contributed by atoms with van der Waals surface area (Å²) in [6.45, 7) is 3.74. The van der Waals surface area contributed by atoms with Crippen LogP contribution in [0.3, 0.4) is 0 Å². The molecule has 2 rings (SSSR count). The van der Waals surface area contributed by atoms with Crippen molar-refractivity contribution in [2.45, 2.75) is 19.4 Å². The van der Waals surface area contributed by atoms with Crippen molar-refractivity contribution in [1.29, 1.82) is 0 Å². The highest BCUT2D eigenvalue weighted by Gasteiger charge is 2.11. The van der Waals surface area contributed by atoms with Gasteiger partial charge in [-0.05, 0) is 74.8 Å². The van der Waals surface area contributed by atoms with Crippen LogP contribution in [-0.2, 0) is 13.0 Å². The van der Waals surface area contributed by atoms with Crippen LogP contribution < -0.4 is 10.1 Å². The smallest absolute Gasteiger partial charge is 0.169 e. The van der Waals surface area contributed by atoms with Gasteiger partial charge in [0.25, 0.3) is 0 Å². The fraction of sp³-hybridized carbons (Fsp3) is 0.450. The lowest BCUT2D eigenvalue weighted by atomic mass is 10.1. The minimum atomic E-state index is 0.833. The predicted octanol–water partition coefficient (Wildman–Crippen LogP) is 3.63. The minimum absolute atomic E-state index is 0.833. The summed E-state index contributed by atoms with van der Waals surface area (Å²) in [5.41, 5.74) is 1.28. The van der Waals surface area contributed by atoms with E-state index < -0.39 is 0 Å². The lowest BCUT2D eigenvalue weighted by molar-refractivity contribution is 0.342. The van der Waals surface area contributed by atoms with Crippen molar-refractivity contribution in [1.82, 2.24) is 15.1 Å². The van der Waals surface area contributed by atoms with Crippen LogP contribution in [0, 0.1) is 0 Å². The van der Waals surface area contributed by atoms with Gasteiger partial charge in [0.15, 0.2) is 5.11 Å².